The largest absolute Gasteiger partial charge is 0.287 e. The lowest BCUT2D eigenvalue weighted by Crippen LogP contribution is -2.24. The molecule has 3 heterocycles. The van der Waals surface area contributed by atoms with Gasteiger partial charge in [-0.15, -0.1) is 0 Å². The maximum atomic E-state index is 13.3. The molecule has 0 aliphatic carbocycles. The van der Waals surface area contributed by atoms with Gasteiger partial charge < -0.3 is 0 Å². The predicted octanol–water partition coefficient (Wildman–Crippen LogP) is 4.64. The van der Waals surface area contributed by atoms with Crippen LogP contribution >= 0.6 is 11.8 Å². The van der Waals surface area contributed by atoms with Gasteiger partial charge in [-0.05, 0) is 49.1 Å². The van der Waals surface area contributed by atoms with E-state index in [1.807, 2.05) is 61.5 Å². The number of para-hydroxylation sites is 1. The number of benzene rings is 2. The first-order chi connectivity index (χ1) is 16.6. The number of nitrogens with zero attached hydrogens (tertiary/aromatic N) is 4. The van der Waals surface area contributed by atoms with Crippen molar-refractivity contribution >= 4 is 28.3 Å². The molecule has 7 heteroatoms. The van der Waals surface area contributed by atoms with Crippen molar-refractivity contribution < 1.29 is 0 Å². The van der Waals surface area contributed by atoms with E-state index >= 15 is 0 Å². The van der Waals surface area contributed by atoms with Gasteiger partial charge in [0, 0.05) is 24.6 Å². The Kier molecular flexibility index (Phi) is 6.27. The van der Waals surface area contributed by atoms with Crippen molar-refractivity contribution in [3.63, 3.8) is 0 Å². The minimum Gasteiger partial charge on any atom is -0.287 e. The molecule has 0 bridgehead atoms. The van der Waals surface area contributed by atoms with Crippen LogP contribution in [0.3, 0.4) is 0 Å². The lowest BCUT2D eigenvalue weighted by molar-refractivity contribution is 0.564. The second-order valence-electron chi connectivity index (χ2n) is 8.27. The molecule has 0 atom stereocenters. The van der Waals surface area contributed by atoms with Gasteiger partial charge >= 0.3 is 0 Å². The average Bonchev–Trinajstić information content (AvgIpc) is 2.85. The van der Waals surface area contributed by atoms with Crippen LogP contribution in [0.4, 0.5) is 0 Å². The molecule has 3 aromatic heterocycles. The number of thioether (sulfide) groups is 1. The number of aryl methyl sites for hydroxylation is 2. The van der Waals surface area contributed by atoms with Gasteiger partial charge in [0.2, 0.25) is 0 Å². The fourth-order valence-electron chi connectivity index (χ4n) is 4.01. The van der Waals surface area contributed by atoms with Crippen molar-refractivity contribution in [3.8, 4) is 0 Å². The molecule has 2 aromatic carbocycles. The Morgan fingerprint density at radius 1 is 0.912 bits per heavy atom. The van der Waals surface area contributed by atoms with Crippen LogP contribution in [0.1, 0.15) is 23.2 Å². The topological polar surface area (TPSA) is 69.3 Å². The summed E-state index contributed by atoms with van der Waals surface area (Å²) in [4.78, 5) is 35.3. The minimum atomic E-state index is -0.115. The van der Waals surface area contributed by atoms with Crippen molar-refractivity contribution in [2.45, 2.75) is 37.2 Å². The van der Waals surface area contributed by atoms with Crippen LogP contribution in [0.15, 0.2) is 93.7 Å². The number of rotatable bonds is 7. The van der Waals surface area contributed by atoms with Crippen LogP contribution in [0, 0.1) is 6.92 Å². The van der Waals surface area contributed by atoms with E-state index in [4.69, 9.17) is 4.98 Å². The Bertz CT molecular complexity index is 1590. The normalized spacial score (nSPS) is 11.3. The monoisotopic (exact) mass is 468 g/mol. The van der Waals surface area contributed by atoms with Gasteiger partial charge in [0.1, 0.15) is 5.65 Å². The molecule has 5 aromatic rings. The van der Waals surface area contributed by atoms with E-state index in [1.165, 1.54) is 17.3 Å². The van der Waals surface area contributed by atoms with Crippen molar-refractivity contribution in [1.82, 2.24) is 18.9 Å². The summed E-state index contributed by atoms with van der Waals surface area (Å²) in [5.74, 6) is 0.448. The standard InChI is InChI=1S/C27H24N4O2S/c1-19-13-14-24-28-21(16-25(32)31(24)17-19)18-34-27-29-23-12-6-5-11-22(23)26(33)30(27)15-7-10-20-8-3-2-4-9-20/h2-6,8-9,11-14,16-17H,7,10,15,18H2,1H3. The smallest absolute Gasteiger partial charge is 0.262 e. The molecule has 0 aliphatic rings. The molecule has 0 radical (unpaired) electrons. The maximum absolute atomic E-state index is 13.3. The summed E-state index contributed by atoms with van der Waals surface area (Å²) in [5.41, 5.74) is 4.04. The van der Waals surface area contributed by atoms with E-state index in [2.05, 4.69) is 17.1 Å². The Balaban J connectivity index is 1.44. The molecule has 0 saturated carbocycles. The first-order valence-corrected chi connectivity index (χ1v) is 12.2. The van der Waals surface area contributed by atoms with Crippen LogP contribution < -0.4 is 11.1 Å². The third-order valence-corrected chi connectivity index (χ3v) is 6.74. The van der Waals surface area contributed by atoms with Crippen molar-refractivity contribution in [2.24, 2.45) is 0 Å². The van der Waals surface area contributed by atoms with Crippen molar-refractivity contribution in [1.29, 1.82) is 0 Å². The van der Waals surface area contributed by atoms with Gasteiger partial charge in [-0.1, -0.05) is 60.3 Å². The van der Waals surface area contributed by atoms with Crippen LogP contribution in [-0.4, -0.2) is 18.9 Å². The molecule has 0 fully saturated rings. The average molecular weight is 469 g/mol. The molecule has 0 aliphatic heterocycles. The lowest BCUT2D eigenvalue weighted by atomic mass is 10.1. The third kappa shape index (κ3) is 4.65. The molecule has 0 N–H and O–H groups in total. The Morgan fingerprint density at radius 2 is 1.71 bits per heavy atom. The zero-order valence-corrected chi connectivity index (χ0v) is 19.7. The summed E-state index contributed by atoms with van der Waals surface area (Å²) in [6, 6.07) is 23.0. The number of aromatic nitrogens is 4. The number of fused-ring (bicyclic) bond motifs is 2. The molecule has 6 nitrogen and oxygen atoms in total. The molecule has 0 saturated heterocycles. The molecule has 0 spiro atoms. The Labute approximate surface area is 200 Å². The second kappa shape index (κ2) is 9.65. The quantitative estimate of drug-likeness (QED) is 0.257. The molecule has 34 heavy (non-hydrogen) atoms. The van der Waals surface area contributed by atoms with Gasteiger partial charge in [-0.2, -0.15) is 0 Å². The van der Waals surface area contributed by atoms with Gasteiger partial charge in [-0.3, -0.25) is 18.6 Å². The first-order valence-electron chi connectivity index (χ1n) is 11.2. The van der Waals surface area contributed by atoms with E-state index in [0.29, 0.717) is 39.7 Å². The first kappa shape index (κ1) is 22.1. The van der Waals surface area contributed by atoms with Gasteiger partial charge in [-0.25, -0.2) is 9.97 Å². The van der Waals surface area contributed by atoms with Crippen LogP contribution in [0.5, 0.6) is 0 Å². The van der Waals surface area contributed by atoms with E-state index in [0.717, 1.165) is 18.4 Å². The van der Waals surface area contributed by atoms with Gasteiger partial charge in [0.25, 0.3) is 11.1 Å². The molecular weight excluding hydrogens is 444 g/mol. The van der Waals surface area contributed by atoms with Crippen LogP contribution in [0.2, 0.25) is 0 Å². The third-order valence-electron chi connectivity index (χ3n) is 5.73. The number of hydrogen-bond acceptors (Lipinski definition) is 5. The highest BCUT2D eigenvalue weighted by Crippen LogP contribution is 2.22. The maximum Gasteiger partial charge on any atom is 0.262 e. The predicted molar refractivity (Wildman–Crippen MR) is 137 cm³/mol. The summed E-state index contributed by atoms with van der Waals surface area (Å²) in [6.07, 6.45) is 3.50. The molecular formula is C27H24N4O2S. The summed E-state index contributed by atoms with van der Waals surface area (Å²) in [5, 5.41) is 1.26. The van der Waals surface area contributed by atoms with Gasteiger partial charge in [0.05, 0.1) is 16.6 Å². The van der Waals surface area contributed by atoms with E-state index < -0.39 is 0 Å². The van der Waals surface area contributed by atoms with Crippen LogP contribution in [-0.2, 0) is 18.7 Å². The molecule has 5 rings (SSSR count). The molecule has 170 valence electrons. The number of hydrogen-bond donors (Lipinski definition) is 0. The fourth-order valence-corrected chi connectivity index (χ4v) is 4.93. The van der Waals surface area contributed by atoms with Gasteiger partial charge in [0.15, 0.2) is 5.16 Å². The minimum absolute atomic E-state index is 0.0387. The summed E-state index contributed by atoms with van der Waals surface area (Å²) < 4.78 is 3.31. The van der Waals surface area contributed by atoms with E-state index in [-0.39, 0.29) is 11.1 Å². The van der Waals surface area contributed by atoms with Crippen molar-refractivity contribution in [3.05, 3.63) is 117 Å². The summed E-state index contributed by atoms with van der Waals surface area (Å²) in [7, 11) is 0. The molecule has 0 amide bonds. The molecule has 0 unspecified atom stereocenters. The highest BCUT2D eigenvalue weighted by Gasteiger charge is 2.13. The van der Waals surface area contributed by atoms with E-state index in [1.54, 1.807) is 21.2 Å². The summed E-state index contributed by atoms with van der Waals surface area (Å²) >= 11 is 1.44. The second-order valence-corrected chi connectivity index (χ2v) is 9.21. The van der Waals surface area contributed by atoms with Crippen molar-refractivity contribution in [2.75, 3.05) is 0 Å². The van der Waals surface area contributed by atoms with E-state index in [9.17, 15) is 9.59 Å². The van der Waals surface area contributed by atoms with Crippen LogP contribution in [0.25, 0.3) is 16.6 Å². The zero-order chi connectivity index (χ0) is 23.5. The number of pyridine rings is 1. The zero-order valence-electron chi connectivity index (χ0n) is 18.8. The Hall–Kier alpha value is -3.71. The Morgan fingerprint density at radius 3 is 2.56 bits per heavy atom. The lowest BCUT2D eigenvalue weighted by Gasteiger charge is -2.13. The fraction of sp³-hybridized carbons (Fsp3) is 0.185. The summed E-state index contributed by atoms with van der Waals surface area (Å²) in [6.45, 7) is 2.51. The highest BCUT2D eigenvalue weighted by atomic mass is 32.2. The SMILES string of the molecule is Cc1ccc2nc(CSc3nc4ccccc4c(=O)n3CCCc3ccccc3)cc(=O)n2c1. The highest BCUT2D eigenvalue weighted by molar-refractivity contribution is 7.98.